The fourth-order valence-electron chi connectivity index (χ4n) is 1.51. The summed E-state index contributed by atoms with van der Waals surface area (Å²) in [6.45, 7) is 3.73. The van der Waals surface area contributed by atoms with Gasteiger partial charge in [-0.1, -0.05) is 19.1 Å². The average molecular weight is 208 g/mol. The fraction of sp³-hybridized carbons (Fsp3) is 0.500. The number of nitrogens with one attached hydrogen (secondary N) is 1. The lowest BCUT2D eigenvalue weighted by molar-refractivity contribution is 0.413. The lowest BCUT2D eigenvalue weighted by atomic mass is 10.1. The molecule has 0 aromatic heterocycles. The van der Waals surface area contributed by atoms with E-state index in [9.17, 15) is 0 Å². The smallest absolute Gasteiger partial charge is 0.119 e. The first-order valence-corrected chi connectivity index (χ1v) is 5.39. The lowest BCUT2D eigenvalue weighted by Gasteiger charge is -2.17. The van der Waals surface area contributed by atoms with Crippen molar-refractivity contribution < 1.29 is 4.74 Å². The van der Waals surface area contributed by atoms with Crippen molar-refractivity contribution in [3.05, 3.63) is 29.8 Å². The van der Waals surface area contributed by atoms with Gasteiger partial charge >= 0.3 is 0 Å². The first-order valence-electron chi connectivity index (χ1n) is 5.39. The van der Waals surface area contributed by atoms with Gasteiger partial charge in [0.2, 0.25) is 0 Å². The third-order valence-corrected chi connectivity index (χ3v) is 2.37. The maximum Gasteiger partial charge on any atom is 0.119 e. The van der Waals surface area contributed by atoms with Gasteiger partial charge in [0.25, 0.3) is 0 Å². The molecule has 0 fully saturated rings. The van der Waals surface area contributed by atoms with Crippen LogP contribution >= 0.6 is 0 Å². The van der Waals surface area contributed by atoms with Crippen LogP contribution in [0.4, 0.5) is 0 Å². The molecule has 1 rings (SSSR count). The number of hydrogen-bond donors (Lipinski definition) is 2. The molecule has 0 aliphatic rings. The molecule has 3 N–H and O–H groups in total. The second-order valence-corrected chi connectivity index (χ2v) is 3.52. The van der Waals surface area contributed by atoms with Gasteiger partial charge < -0.3 is 15.8 Å². The minimum atomic E-state index is 0.222. The summed E-state index contributed by atoms with van der Waals surface area (Å²) in [5, 5.41) is 3.41. The summed E-state index contributed by atoms with van der Waals surface area (Å²) in [7, 11) is 1.68. The van der Waals surface area contributed by atoms with E-state index < -0.39 is 0 Å². The van der Waals surface area contributed by atoms with Crippen LogP contribution in [0.15, 0.2) is 24.3 Å². The largest absolute Gasteiger partial charge is 0.497 e. The van der Waals surface area contributed by atoms with Crippen molar-refractivity contribution in [3.8, 4) is 5.75 Å². The summed E-state index contributed by atoms with van der Waals surface area (Å²) in [5.74, 6) is 0.879. The Morgan fingerprint density at radius 2 is 2.27 bits per heavy atom. The van der Waals surface area contributed by atoms with Gasteiger partial charge in [-0.05, 0) is 30.7 Å². The molecule has 0 heterocycles. The summed E-state index contributed by atoms with van der Waals surface area (Å²) in [6.07, 6.45) is 1.11. The van der Waals surface area contributed by atoms with E-state index >= 15 is 0 Å². The second kappa shape index (κ2) is 6.43. The molecular weight excluding hydrogens is 188 g/mol. The van der Waals surface area contributed by atoms with Crippen LogP contribution in [0.1, 0.15) is 24.9 Å². The van der Waals surface area contributed by atoms with Crippen molar-refractivity contribution in [3.63, 3.8) is 0 Å². The zero-order valence-electron chi connectivity index (χ0n) is 9.49. The molecule has 0 amide bonds. The number of hydrogen-bond acceptors (Lipinski definition) is 3. The zero-order chi connectivity index (χ0) is 11.1. The molecule has 0 aliphatic heterocycles. The molecule has 3 heteroatoms. The van der Waals surface area contributed by atoms with E-state index in [1.165, 1.54) is 5.56 Å². The molecule has 0 bridgehead atoms. The van der Waals surface area contributed by atoms with E-state index in [2.05, 4.69) is 18.3 Å². The standard InChI is InChI=1S/C12H20N2O/c1-3-7-14-12(9-13)10-5-4-6-11(8-10)15-2/h4-6,8,12,14H,3,7,9,13H2,1-2H3. The summed E-state index contributed by atoms with van der Waals surface area (Å²) < 4.78 is 5.19. The van der Waals surface area contributed by atoms with Crippen LogP contribution in [-0.2, 0) is 0 Å². The molecule has 84 valence electrons. The molecule has 1 aromatic rings. The third kappa shape index (κ3) is 3.53. The highest BCUT2D eigenvalue weighted by Crippen LogP contribution is 2.18. The molecule has 1 aromatic carbocycles. The van der Waals surface area contributed by atoms with Gasteiger partial charge in [0.15, 0.2) is 0 Å². The molecule has 0 spiro atoms. The van der Waals surface area contributed by atoms with Gasteiger partial charge in [-0.3, -0.25) is 0 Å². The van der Waals surface area contributed by atoms with Crippen LogP contribution < -0.4 is 15.8 Å². The molecule has 1 atom stereocenters. The highest BCUT2D eigenvalue weighted by Gasteiger charge is 2.08. The van der Waals surface area contributed by atoms with Crippen LogP contribution in [0.2, 0.25) is 0 Å². The van der Waals surface area contributed by atoms with Crippen LogP contribution in [0.25, 0.3) is 0 Å². The van der Waals surface area contributed by atoms with Crippen molar-refractivity contribution in [2.24, 2.45) is 5.73 Å². The molecule has 0 radical (unpaired) electrons. The van der Waals surface area contributed by atoms with Gasteiger partial charge in [0.1, 0.15) is 5.75 Å². The van der Waals surface area contributed by atoms with Crippen molar-refractivity contribution in [2.75, 3.05) is 20.2 Å². The van der Waals surface area contributed by atoms with E-state index in [1.807, 2.05) is 18.2 Å². The van der Waals surface area contributed by atoms with Crippen LogP contribution in [0.5, 0.6) is 5.75 Å². The fourth-order valence-corrected chi connectivity index (χ4v) is 1.51. The predicted octanol–water partition coefficient (Wildman–Crippen LogP) is 1.69. The van der Waals surface area contributed by atoms with Gasteiger partial charge in [-0.2, -0.15) is 0 Å². The van der Waals surface area contributed by atoms with E-state index in [-0.39, 0.29) is 6.04 Å². The Morgan fingerprint density at radius 1 is 1.47 bits per heavy atom. The quantitative estimate of drug-likeness (QED) is 0.748. The lowest BCUT2D eigenvalue weighted by Crippen LogP contribution is -2.28. The average Bonchev–Trinajstić information content (AvgIpc) is 2.30. The van der Waals surface area contributed by atoms with Crippen molar-refractivity contribution in [2.45, 2.75) is 19.4 Å². The zero-order valence-corrected chi connectivity index (χ0v) is 9.49. The highest BCUT2D eigenvalue weighted by atomic mass is 16.5. The topological polar surface area (TPSA) is 47.3 Å². The van der Waals surface area contributed by atoms with Gasteiger partial charge in [0, 0.05) is 12.6 Å². The van der Waals surface area contributed by atoms with E-state index in [1.54, 1.807) is 7.11 Å². The highest BCUT2D eigenvalue weighted by molar-refractivity contribution is 5.30. The SMILES string of the molecule is CCCNC(CN)c1cccc(OC)c1. The molecular formula is C12H20N2O. The summed E-state index contributed by atoms with van der Waals surface area (Å²) in [6, 6.07) is 8.25. The normalized spacial score (nSPS) is 12.5. The Kier molecular flexibility index (Phi) is 5.15. The van der Waals surface area contributed by atoms with E-state index in [0.29, 0.717) is 6.54 Å². The maximum absolute atomic E-state index is 5.73. The summed E-state index contributed by atoms with van der Waals surface area (Å²) >= 11 is 0. The third-order valence-electron chi connectivity index (χ3n) is 2.37. The Morgan fingerprint density at radius 3 is 2.87 bits per heavy atom. The summed E-state index contributed by atoms with van der Waals surface area (Å²) in [5.41, 5.74) is 6.92. The number of nitrogens with two attached hydrogens (primary N) is 1. The van der Waals surface area contributed by atoms with Crippen molar-refractivity contribution in [1.82, 2.24) is 5.32 Å². The molecule has 0 saturated heterocycles. The Labute approximate surface area is 91.6 Å². The number of rotatable bonds is 6. The number of benzene rings is 1. The van der Waals surface area contributed by atoms with Gasteiger partial charge in [-0.25, -0.2) is 0 Å². The number of methoxy groups -OCH3 is 1. The van der Waals surface area contributed by atoms with Crippen molar-refractivity contribution in [1.29, 1.82) is 0 Å². The van der Waals surface area contributed by atoms with Crippen LogP contribution in [-0.4, -0.2) is 20.2 Å². The van der Waals surface area contributed by atoms with E-state index in [4.69, 9.17) is 10.5 Å². The monoisotopic (exact) mass is 208 g/mol. The Balaban J connectivity index is 2.72. The first-order chi connectivity index (χ1) is 7.31. The molecule has 0 saturated carbocycles. The predicted molar refractivity (Wildman–Crippen MR) is 63.1 cm³/mol. The molecule has 15 heavy (non-hydrogen) atoms. The molecule has 3 nitrogen and oxygen atoms in total. The van der Waals surface area contributed by atoms with Crippen molar-refractivity contribution >= 4 is 0 Å². The Hall–Kier alpha value is -1.06. The first kappa shape index (κ1) is 12.0. The maximum atomic E-state index is 5.73. The van der Waals surface area contributed by atoms with Crippen LogP contribution in [0, 0.1) is 0 Å². The summed E-state index contributed by atoms with van der Waals surface area (Å²) in [4.78, 5) is 0. The minimum absolute atomic E-state index is 0.222. The minimum Gasteiger partial charge on any atom is -0.497 e. The Bertz CT molecular complexity index is 289. The van der Waals surface area contributed by atoms with Gasteiger partial charge in [0.05, 0.1) is 7.11 Å². The molecule has 0 aliphatic carbocycles. The van der Waals surface area contributed by atoms with Crippen LogP contribution in [0.3, 0.4) is 0 Å². The second-order valence-electron chi connectivity index (χ2n) is 3.52. The van der Waals surface area contributed by atoms with Gasteiger partial charge in [-0.15, -0.1) is 0 Å². The van der Waals surface area contributed by atoms with E-state index in [0.717, 1.165) is 18.7 Å². The molecule has 1 unspecified atom stereocenters. The number of ether oxygens (including phenoxy) is 1.